The lowest BCUT2D eigenvalue weighted by Gasteiger charge is -2.42. The van der Waals surface area contributed by atoms with Crippen LogP contribution in [0.2, 0.25) is 0 Å². The first-order chi connectivity index (χ1) is 20.5. The zero-order chi connectivity index (χ0) is 31.2. The Morgan fingerprint density at radius 2 is 1.95 bits per heavy atom. The lowest BCUT2D eigenvalue weighted by Crippen LogP contribution is -2.63. The predicted molar refractivity (Wildman–Crippen MR) is 142 cm³/mol. The van der Waals surface area contributed by atoms with Crippen molar-refractivity contribution >= 4 is 11.8 Å². The second-order valence-corrected chi connectivity index (χ2v) is 10.7. The summed E-state index contributed by atoms with van der Waals surface area (Å²) in [6.07, 6.45) is -4.27. The molecule has 3 aliphatic rings. The number of hydrogen-bond donors (Lipinski definition) is 4. The monoisotopic (exact) mass is 610 g/mol. The number of carboxylic acids is 1. The van der Waals surface area contributed by atoms with E-state index < -0.39 is 48.5 Å². The number of carbonyl (C=O) groups is 2. The van der Waals surface area contributed by atoms with E-state index in [1.54, 1.807) is 12.2 Å². The number of Topliss-reactive ketones (excluding diaryl/α,β-unsaturated/α-hetero) is 1. The minimum Gasteiger partial charge on any atom is -0.481 e. The Morgan fingerprint density at radius 1 is 1.23 bits per heavy atom. The zero-order valence-corrected chi connectivity index (χ0v) is 23.0. The second-order valence-electron chi connectivity index (χ2n) is 10.7. The van der Waals surface area contributed by atoms with Gasteiger partial charge in [-0.05, 0) is 36.3 Å². The van der Waals surface area contributed by atoms with Crippen molar-refractivity contribution in [2.75, 3.05) is 13.2 Å². The molecule has 2 heterocycles. The number of halogens is 3. The normalized spacial score (nSPS) is 30.0. The third-order valence-corrected chi connectivity index (χ3v) is 7.92. The van der Waals surface area contributed by atoms with Gasteiger partial charge in [-0.2, -0.15) is 13.2 Å². The molecule has 1 saturated carbocycles. The molecule has 2 aliphatic heterocycles. The van der Waals surface area contributed by atoms with E-state index in [-0.39, 0.29) is 49.3 Å². The van der Waals surface area contributed by atoms with E-state index >= 15 is 0 Å². The van der Waals surface area contributed by atoms with Crippen LogP contribution in [0.3, 0.4) is 0 Å². The zero-order valence-electron chi connectivity index (χ0n) is 23.0. The van der Waals surface area contributed by atoms with Crippen molar-refractivity contribution in [3.8, 4) is 0 Å². The minimum absolute atomic E-state index is 0.0456. The van der Waals surface area contributed by atoms with Crippen molar-refractivity contribution < 1.29 is 47.6 Å². The van der Waals surface area contributed by atoms with Gasteiger partial charge in [0.1, 0.15) is 18.0 Å². The van der Waals surface area contributed by atoms with Crippen molar-refractivity contribution in [1.82, 2.24) is 5.32 Å². The molecule has 1 saturated heterocycles. The third-order valence-electron chi connectivity index (χ3n) is 7.92. The van der Waals surface area contributed by atoms with Crippen LogP contribution in [0.1, 0.15) is 43.2 Å². The molecule has 1 aromatic carbocycles. The second kappa shape index (κ2) is 13.9. The van der Waals surface area contributed by atoms with Gasteiger partial charge in [0.15, 0.2) is 6.29 Å². The molecule has 4 rings (SSSR count). The molecule has 7 atom stereocenters. The lowest BCUT2D eigenvalue weighted by molar-refractivity contribution is -0.262. The standard InChI is InChI=1S/C27H33F3N6O7/c28-27(29,30)26(34-35-26)17-8-5-15(6-9-17)13-32-22-24(41)23(40)20(14-33-36-31)43-25(22)42-11-3-1-2-4-18-16(12-21(38)39)7-10-19(18)37/h1-2,5-6,8-9,16,18,20,22-25,32,40-41H,3-4,7,10-14H2,(H,38,39)/b2-1-/t16-,18-,20+,22+,23-,24+,25+/m0/s1. The average Bonchev–Trinajstić information content (AvgIpc) is 3.72. The predicted octanol–water partition coefficient (Wildman–Crippen LogP) is 3.51. The highest BCUT2D eigenvalue weighted by Gasteiger charge is 2.65. The number of carboxylic acid groups (broad SMARTS) is 1. The number of aliphatic hydroxyl groups is 2. The summed E-state index contributed by atoms with van der Waals surface area (Å²) in [7, 11) is 0. The smallest absolute Gasteiger partial charge is 0.442 e. The minimum atomic E-state index is -4.64. The fourth-order valence-corrected chi connectivity index (χ4v) is 5.47. The molecular formula is C27H33F3N6O7. The van der Waals surface area contributed by atoms with Crippen molar-refractivity contribution in [1.29, 1.82) is 0 Å². The summed E-state index contributed by atoms with van der Waals surface area (Å²) in [5.41, 5.74) is 6.58. The number of hydrogen-bond acceptors (Lipinski definition) is 10. The summed E-state index contributed by atoms with van der Waals surface area (Å²) in [5, 5.41) is 43.3. The number of benzene rings is 1. The van der Waals surface area contributed by atoms with Crippen LogP contribution in [-0.2, 0) is 31.3 Å². The number of carbonyl (C=O) groups excluding carboxylic acids is 1. The molecule has 1 aliphatic carbocycles. The third kappa shape index (κ3) is 7.77. The first kappa shape index (κ1) is 32.5. The summed E-state index contributed by atoms with van der Waals surface area (Å²) in [5.74, 6) is -1.39. The van der Waals surface area contributed by atoms with Crippen molar-refractivity contribution in [3.05, 3.63) is 58.0 Å². The van der Waals surface area contributed by atoms with Crippen LogP contribution in [0.4, 0.5) is 13.2 Å². The quantitative estimate of drug-likeness (QED) is 0.0806. The average molecular weight is 611 g/mol. The molecule has 0 unspecified atom stereocenters. The Morgan fingerprint density at radius 3 is 2.58 bits per heavy atom. The fraction of sp³-hybridized carbons (Fsp3) is 0.630. The van der Waals surface area contributed by atoms with E-state index in [0.717, 1.165) is 0 Å². The first-order valence-corrected chi connectivity index (χ1v) is 13.8. The van der Waals surface area contributed by atoms with Gasteiger partial charge in [-0.15, -0.1) is 10.2 Å². The number of azide groups is 1. The molecule has 13 nitrogen and oxygen atoms in total. The van der Waals surface area contributed by atoms with Crippen LogP contribution >= 0.6 is 0 Å². The van der Waals surface area contributed by atoms with E-state index in [1.807, 2.05) is 0 Å². The molecule has 0 spiro atoms. The Balaban J connectivity index is 1.34. The number of ether oxygens (including phenoxy) is 2. The summed E-state index contributed by atoms with van der Waals surface area (Å²) >= 11 is 0. The molecular weight excluding hydrogens is 577 g/mol. The highest BCUT2D eigenvalue weighted by molar-refractivity contribution is 5.84. The number of allylic oxidation sites excluding steroid dienone is 1. The molecule has 4 N–H and O–H groups in total. The van der Waals surface area contributed by atoms with Gasteiger partial charge in [0.05, 0.1) is 25.3 Å². The molecule has 1 aromatic rings. The summed E-state index contributed by atoms with van der Waals surface area (Å²) in [6.45, 7) is -0.0550. The van der Waals surface area contributed by atoms with Crippen LogP contribution < -0.4 is 5.32 Å². The first-order valence-electron chi connectivity index (χ1n) is 13.8. The molecule has 0 radical (unpaired) electrons. The van der Waals surface area contributed by atoms with Gasteiger partial charge in [0.25, 0.3) is 0 Å². The number of alkyl halides is 3. The molecule has 0 bridgehead atoms. The van der Waals surface area contributed by atoms with Gasteiger partial charge in [-0.1, -0.05) is 41.5 Å². The Hall–Kier alpha value is -3.40. The van der Waals surface area contributed by atoms with Crippen LogP contribution in [0.15, 0.2) is 51.8 Å². The molecule has 234 valence electrons. The van der Waals surface area contributed by atoms with E-state index in [4.69, 9.17) is 20.1 Å². The van der Waals surface area contributed by atoms with Crippen LogP contribution in [0, 0.1) is 11.8 Å². The number of ketones is 1. The highest BCUT2D eigenvalue weighted by Crippen LogP contribution is 2.52. The van der Waals surface area contributed by atoms with Crippen LogP contribution in [-0.4, -0.2) is 77.0 Å². The largest absolute Gasteiger partial charge is 0.481 e. The number of aliphatic carboxylic acids is 1. The van der Waals surface area contributed by atoms with Crippen LogP contribution in [0.5, 0.6) is 0 Å². The summed E-state index contributed by atoms with van der Waals surface area (Å²) in [4.78, 5) is 25.9. The molecule has 0 aromatic heterocycles. The highest BCUT2D eigenvalue weighted by atomic mass is 19.4. The summed E-state index contributed by atoms with van der Waals surface area (Å²) in [6, 6.07) is 4.52. The van der Waals surface area contributed by atoms with E-state index in [1.165, 1.54) is 24.3 Å². The molecule has 43 heavy (non-hydrogen) atoms. The van der Waals surface area contributed by atoms with Crippen LogP contribution in [0.25, 0.3) is 10.4 Å². The fourth-order valence-electron chi connectivity index (χ4n) is 5.47. The van der Waals surface area contributed by atoms with Gasteiger partial charge < -0.3 is 30.1 Å². The topological polar surface area (TPSA) is 199 Å². The molecule has 16 heteroatoms. The number of rotatable bonds is 14. The number of aliphatic hydroxyl groups excluding tert-OH is 2. The maximum absolute atomic E-state index is 13.3. The van der Waals surface area contributed by atoms with Crippen molar-refractivity contribution in [2.24, 2.45) is 27.2 Å². The Labute approximate surface area is 244 Å². The Bertz CT molecular complexity index is 1250. The SMILES string of the molecule is [N-]=[N+]=NC[C@H]1O[C@@H](OCC/C=C\C[C@@H]2C(=O)CC[C@H]2CC(=O)O)[C@H](NCc2ccc(C3(C(F)(F)F)N=N3)cc2)[C@@H](O)[C@H]1O. The summed E-state index contributed by atoms with van der Waals surface area (Å²) < 4.78 is 51.5. The van der Waals surface area contributed by atoms with Gasteiger partial charge in [0.2, 0.25) is 0 Å². The van der Waals surface area contributed by atoms with E-state index in [0.29, 0.717) is 31.2 Å². The molecule has 0 amide bonds. The van der Waals surface area contributed by atoms with Gasteiger partial charge in [0, 0.05) is 35.8 Å². The molecule has 2 fully saturated rings. The van der Waals surface area contributed by atoms with E-state index in [9.17, 15) is 33.0 Å². The maximum Gasteiger partial charge on any atom is 0.442 e. The number of nitrogens with one attached hydrogen (secondary N) is 1. The van der Waals surface area contributed by atoms with Crippen molar-refractivity contribution in [2.45, 2.75) is 81.1 Å². The van der Waals surface area contributed by atoms with Gasteiger partial charge >= 0.3 is 17.8 Å². The lowest BCUT2D eigenvalue weighted by atomic mass is 9.89. The maximum atomic E-state index is 13.3. The van der Waals surface area contributed by atoms with E-state index in [2.05, 4.69) is 25.6 Å². The van der Waals surface area contributed by atoms with Gasteiger partial charge in [-0.3, -0.25) is 9.59 Å². The van der Waals surface area contributed by atoms with Crippen molar-refractivity contribution in [3.63, 3.8) is 0 Å². The Kier molecular flexibility index (Phi) is 10.5. The van der Waals surface area contributed by atoms with Gasteiger partial charge in [-0.25, -0.2) is 0 Å². The number of nitrogens with zero attached hydrogens (tertiary/aromatic N) is 5.